The zero-order valence-corrected chi connectivity index (χ0v) is 17.1. The van der Waals surface area contributed by atoms with Crippen LogP contribution in [0.1, 0.15) is 16.1 Å². The van der Waals surface area contributed by atoms with Crippen LogP contribution >= 0.6 is 11.6 Å². The molecule has 0 fully saturated rings. The molecule has 0 saturated carbocycles. The Morgan fingerprint density at radius 1 is 1.03 bits per heavy atom. The molecule has 2 heterocycles. The summed E-state index contributed by atoms with van der Waals surface area (Å²) in [6.07, 6.45) is 3.25. The number of anilines is 2. The molecule has 8 nitrogen and oxygen atoms in total. The van der Waals surface area contributed by atoms with Crippen molar-refractivity contribution in [3.05, 3.63) is 83.0 Å². The standard InChI is InChI=1S/C21H16ClF2N7O/c22-21-29-18(17(25)19(26)30-21)20(32)27-8-11-5-12(7-15(24)6-11)13-9-28-31(10-13)16-3-1-14(23)2-4-16/h1-7,9-10H,8,25H2,(H,27,32)(H2,26,29,30). The minimum absolute atomic E-state index is 0.00331. The summed E-state index contributed by atoms with van der Waals surface area (Å²) in [4.78, 5) is 19.9. The number of benzene rings is 2. The van der Waals surface area contributed by atoms with E-state index in [-0.39, 0.29) is 34.8 Å². The molecule has 0 aliphatic carbocycles. The molecule has 0 atom stereocenters. The number of nitrogen functional groups attached to an aromatic ring is 2. The number of nitrogens with two attached hydrogens (primary N) is 2. The molecule has 162 valence electrons. The molecule has 0 unspecified atom stereocenters. The summed E-state index contributed by atoms with van der Waals surface area (Å²) >= 11 is 5.73. The van der Waals surface area contributed by atoms with E-state index >= 15 is 0 Å². The number of carbonyl (C=O) groups is 1. The largest absolute Gasteiger partial charge is 0.394 e. The van der Waals surface area contributed by atoms with Crippen LogP contribution in [0.2, 0.25) is 5.28 Å². The Hall–Kier alpha value is -4.05. The topological polar surface area (TPSA) is 125 Å². The van der Waals surface area contributed by atoms with E-state index in [2.05, 4.69) is 20.4 Å². The van der Waals surface area contributed by atoms with Gasteiger partial charge in [0.25, 0.3) is 5.91 Å². The van der Waals surface area contributed by atoms with Crippen LogP contribution in [0, 0.1) is 11.6 Å². The van der Waals surface area contributed by atoms with Crippen LogP contribution in [0.25, 0.3) is 16.8 Å². The molecule has 0 aliphatic heterocycles. The fourth-order valence-corrected chi connectivity index (χ4v) is 3.20. The molecule has 0 radical (unpaired) electrons. The molecule has 4 rings (SSSR count). The monoisotopic (exact) mass is 455 g/mol. The highest BCUT2D eigenvalue weighted by molar-refractivity contribution is 6.28. The summed E-state index contributed by atoms with van der Waals surface area (Å²) in [7, 11) is 0. The van der Waals surface area contributed by atoms with Gasteiger partial charge in [-0.15, -0.1) is 0 Å². The lowest BCUT2D eigenvalue weighted by Gasteiger charge is -2.09. The number of rotatable bonds is 5. The summed E-state index contributed by atoms with van der Waals surface area (Å²) in [5.41, 5.74) is 13.4. The third kappa shape index (κ3) is 4.49. The lowest BCUT2D eigenvalue weighted by atomic mass is 10.1. The highest BCUT2D eigenvalue weighted by atomic mass is 35.5. The van der Waals surface area contributed by atoms with Crippen LogP contribution in [-0.2, 0) is 6.54 Å². The smallest absolute Gasteiger partial charge is 0.272 e. The SMILES string of the molecule is Nc1nc(Cl)nc(C(=O)NCc2cc(F)cc(-c3cnn(-c4ccc(F)cc4)c3)c2)c1N. The van der Waals surface area contributed by atoms with E-state index in [1.807, 2.05) is 0 Å². The Balaban J connectivity index is 1.54. The molecular formula is C21H16ClF2N7O. The van der Waals surface area contributed by atoms with E-state index in [9.17, 15) is 13.6 Å². The van der Waals surface area contributed by atoms with Gasteiger partial charge in [-0.1, -0.05) is 0 Å². The summed E-state index contributed by atoms with van der Waals surface area (Å²) in [6.45, 7) is -0.00331. The van der Waals surface area contributed by atoms with Crippen molar-refractivity contribution in [1.82, 2.24) is 25.1 Å². The molecule has 0 spiro atoms. The van der Waals surface area contributed by atoms with Crippen molar-refractivity contribution in [1.29, 1.82) is 0 Å². The number of amides is 1. The lowest BCUT2D eigenvalue weighted by molar-refractivity contribution is 0.0946. The molecule has 0 bridgehead atoms. The van der Waals surface area contributed by atoms with Crippen LogP contribution in [0.5, 0.6) is 0 Å². The van der Waals surface area contributed by atoms with Crippen LogP contribution in [0.15, 0.2) is 54.9 Å². The number of hydrogen-bond acceptors (Lipinski definition) is 6. The zero-order chi connectivity index (χ0) is 22.8. The van der Waals surface area contributed by atoms with E-state index in [1.54, 1.807) is 35.3 Å². The minimum Gasteiger partial charge on any atom is -0.394 e. The van der Waals surface area contributed by atoms with Crippen molar-refractivity contribution >= 4 is 29.0 Å². The van der Waals surface area contributed by atoms with E-state index in [0.29, 0.717) is 22.4 Å². The van der Waals surface area contributed by atoms with Crippen molar-refractivity contribution in [2.75, 3.05) is 11.5 Å². The summed E-state index contributed by atoms with van der Waals surface area (Å²) < 4.78 is 28.9. The Labute approximate surface area is 185 Å². The number of nitrogens with one attached hydrogen (secondary N) is 1. The van der Waals surface area contributed by atoms with E-state index in [0.717, 1.165) is 0 Å². The maximum Gasteiger partial charge on any atom is 0.272 e. The average Bonchev–Trinajstić information content (AvgIpc) is 3.25. The maximum absolute atomic E-state index is 14.2. The number of carbonyl (C=O) groups excluding carboxylic acids is 1. The van der Waals surface area contributed by atoms with Crippen molar-refractivity contribution in [3.8, 4) is 16.8 Å². The van der Waals surface area contributed by atoms with Crippen molar-refractivity contribution in [3.63, 3.8) is 0 Å². The Morgan fingerprint density at radius 3 is 2.53 bits per heavy atom. The number of nitrogens with zero attached hydrogens (tertiary/aromatic N) is 4. The first kappa shape index (κ1) is 21.2. The second-order valence-corrected chi connectivity index (χ2v) is 7.16. The molecule has 11 heteroatoms. The van der Waals surface area contributed by atoms with E-state index in [1.165, 1.54) is 24.3 Å². The first-order chi connectivity index (χ1) is 15.3. The van der Waals surface area contributed by atoms with Crippen molar-refractivity contribution in [2.24, 2.45) is 0 Å². The van der Waals surface area contributed by atoms with Crippen LogP contribution in [0.3, 0.4) is 0 Å². The molecule has 2 aromatic carbocycles. The normalized spacial score (nSPS) is 10.8. The van der Waals surface area contributed by atoms with Gasteiger partial charge in [-0.2, -0.15) is 10.1 Å². The third-order valence-corrected chi connectivity index (χ3v) is 4.75. The highest BCUT2D eigenvalue weighted by Gasteiger charge is 2.16. The maximum atomic E-state index is 14.2. The zero-order valence-electron chi connectivity index (χ0n) is 16.4. The summed E-state index contributed by atoms with van der Waals surface area (Å²) in [5.74, 6) is -1.59. The van der Waals surface area contributed by atoms with Crippen molar-refractivity contribution in [2.45, 2.75) is 6.54 Å². The van der Waals surface area contributed by atoms with Crippen LogP contribution < -0.4 is 16.8 Å². The predicted molar refractivity (Wildman–Crippen MR) is 116 cm³/mol. The quantitative estimate of drug-likeness (QED) is 0.396. The van der Waals surface area contributed by atoms with E-state index in [4.69, 9.17) is 23.1 Å². The number of hydrogen-bond donors (Lipinski definition) is 3. The van der Waals surface area contributed by atoms with Crippen LogP contribution in [0.4, 0.5) is 20.3 Å². The van der Waals surface area contributed by atoms with Crippen molar-refractivity contribution < 1.29 is 13.6 Å². The molecule has 4 aromatic rings. The average molecular weight is 456 g/mol. The predicted octanol–water partition coefficient (Wildman–Crippen LogP) is 3.36. The third-order valence-electron chi connectivity index (χ3n) is 4.58. The van der Waals surface area contributed by atoms with Gasteiger partial charge in [-0.05, 0) is 65.2 Å². The van der Waals surface area contributed by atoms with Gasteiger partial charge in [-0.3, -0.25) is 4.79 Å². The van der Waals surface area contributed by atoms with Gasteiger partial charge >= 0.3 is 0 Å². The number of aromatic nitrogens is 4. The van der Waals surface area contributed by atoms with Gasteiger partial charge in [0.1, 0.15) is 17.3 Å². The van der Waals surface area contributed by atoms with Gasteiger partial charge in [0, 0.05) is 18.3 Å². The van der Waals surface area contributed by atoms with Gasteiger partial charge in [-0.25, -0.2) is 18.4 Å². The van der Waals surface area contributed by atoms with Gasteiger partial charge in [0.15, 0.2) is 11.5 Å². The number of halogens is 3. The second-order valence-electron chi connectivity index (χ2n) is 6.82. The molecule has 0 aliphatic rings. The van der Waals surface area contributed by atoms with Crippen LogP contribution in [-0.4, -0.2) is 25.7 Å². The lowest BCUT2D eigenvalue weighted by Crippen LogP contribution is -2.25. The summed E-state index contributed by atoms with van der Waals surface area (Å²) in [5, 5.41) is 6.63. The fourth-order valence-electron chi connectivity index (χ4n) is 3.02. The first-order valence-corrected chi connectivity index (χ1v) is 9.65. The second kappa shape index (κ2) is 8.60. The highest BCUT2D eigenvalue weighted by Crippen LogP contribution is 2.23. The molecule has 1 amide bonds. The molecule has 5 N–H and O–H groups in total. The molecule has 2 aromatic heterocycles. The fraction of sp³-hybridized carbons (Fsp3) is 0.0476. The molecule has 0 saturated heterocycles. The molecular weight excluding hydrogens is 440 g/mol. The van der Waals surface area contributed by atoms with Gasteiger partial charge in [0.05, 0.1) is 11.9 Å². The Kier molecular flexibility index (Phi) is 5.69. The molecule has 32 heavy (non-hydrogen) atoms. The minimum atomic E-state index is -0.631. The Morgan fingerprint density at radius 2 is 1.78 bits per heavy atom. The van der Waals surface area contributed by atoms with Gasteiger partial charge < -0.3 is 16.8 Å². The van der Waals surface area contributed by atoms with Gasteiger partial charge in [0.2, 0.25) is 5.28 Å². The van der Waals surface area contributed by atoms with E-state index < -0.39 is 11.7 Å². The summed E-state index contributed by atoms with van der Waals surface area (Å²) in [6, 6.07) is 10.2. The first-order valence-electron chi connectivity index (χ1n) is 9.27. The Bertz CT molecular complexity index is 1310.